The van der Waals surface area contributed by atoms with Crippen LogP contribution in [0.25, 0.3) is 0 Å². The van der Waals surface area contributed by atoms with Gasteiger partial charge in [-0.2, -0.15) is 5.10 Å². The summed E-state index contributed by atoms with van der Waals surface area (Å²) < 4.78 is 1.80. The molecule has 0 aliphatic heterocycles. The van der Waals surface area contributed by atoms with Crippen LogP contribution in [0.4, 0.5) is 0 Å². The molecule has 0 bridgehead atoms. The highest BCUT2D eigenvalue weighted by Crippen LogP contribution is 2.18. The normalized spacial score (nSPS) is 14.2. The van der Waals surface area contributed by atoms with Crippen molar-refractivity contribution in [3.8, 4) is 0 Å². The van der Waals surface area contributed by atoms with Crippen molar-refractivity contribution in [2.24, 2.45) is 7.05 Å². The van der Waals surface area contributed by atoms with Crippen LogP contribution in [0.3, 0.4) is 0 Å². The predicted molar refractivity (Wildman–Crippen MR) is 80.4 cm³/mol. The molecule has 1 aromatic heterocycles. The highest BCUT2D eigenvalue weighted by molar-refractivity contribution is 5.23. The van der Waals surface area contributed by atoms with E-state index in [0.717, 1.165) is 17.5 Å². The number of hydrogen-bond donors (Lipinski definition) is 2. The topological polar surface area (TPSA) is 50.1 Å². The Bertz CT molecular complexity index is 533. The maximum Gasteiger partial charge on any atom is 0.0914 e. The van der Waals surface area contributed by atoms with Gasteiger partial charge < -0.3 is 10.4 Å². The van der Waals surface area contributed by atoms with E-state index in [1.54, 1.807) is 4.68 Å². The second-order valence-electron chi connectivity index (χ2n) is 5.24. The standard InChI is InChI=1S/C16H23N3O/c1-4-15(14-9-18-19(3)11-14)17-10-16(20)13-7-5-12(2)6-8-13/h5-9,11,15-17,20H,4,10H2,1-3H3. The molecule has 0 aliphatic carbocycles. The molecule has 0 aliphatic rings. The summed E-state index contributed by atoms with van der Waals surface area (Å²) in [6.07, 6.45) is 4.37. The first-order valence-electron chi connectivity index (χ1n) is 7.06. The van der Waals surface area contributed by atoms with Crippen molar-refractivity contribution in [1.82, 2.24) is 15.1 Å². The molecule has 0 fully saturated rings. The Kier molecular flexibility index (Phi) is 4.93. The van der Waals surface area contributed by atoms with Crippen LogP contribution in [-0.2, 0) is 7.05 Å². The second-order valence-corrected chi connectivity index (χ2v) is 5.24. The Morgan fingerprint density at radius 1 is 1.25 bits per heavy atom. The Labute approximate surface area is 120 Å². The quantitative estimate of drug-likeness (QED) is 0.850. The Hall–Kier alpha value is -1.65. The summed E-state index contributed by atoms with van der Waals surface area (Å²) in [5.41, 5.74) is 3.31. The van der Waals surface area contributed by atoms with Crippen molar-refractivity contribution in [2.75, 3.05) is 6.54 Å². The van der Waals surface area contributed by atoms with Crippen LogP contribution >= 0.6 is 0 Å². The SMILES string of the molecule is CCC(NCC(O)c1ccc(C)cc1)c1cnn(C)c1. The summed E-state index contributed by atoms with van der Waals surface area (Å²) in [6.45, 7) is 4.71. The molecule has 2 unspecified atom stereocenters. The van der Waals surface area contributed by atoms with E-state index in [0.29, 0.717) is 6.54 Å². The van der Waals surface area contributed by atoms with E-state index < -0.39 is 6.10 Å². The first-order valence-corrected chi connectivity index (χ1v) is 7.06. The average molecular weight is 273 g/mol. The number of aryl methyl sites for hydroxylation is 2. The molecule has 2 N–H and O–H groups in total. The third-order valence-electron chi connectivity index (χ3n) is 3.56. The fraction of sp³-hybridized carbons (Fsp3) is 0.438. The van der Waals surface area contributed by atoms with Gasteiger partial charge in [-0.05, 0) is 18.9 Å². The van der Waals surface area contributed by atoms with E-state index in [2.05, 4.69) is 17.3 Å². The zero-order valence-corrected chi connectivity index (χ0v) is 12.4. The molecule has 0 saturated carbocycles. The molecule has 4 nitrogen and oxygen atoms in total. The molecular formula is C16H23N3O. The fourth-order valence-electron chi connectivity index (χ4n) is 2.28. The van der Waals surface area contributed by atoms with E-state index in [-0.39, 0.29) is 6.04 Å². The molecule has 0 spiro atoms. The van der Waals surface area contributed by atoms with Crippen LogP contribution < -0.4 is 5.32 Å². The summed E-state index contributed by atoms with van der Waals surface area (Å²) in [6, 6.07) is 8.23. The summed E-state index contributed by atoms with van der Waals surface area (Å²) in [7, 11) is 1.91. The second kappa shape index (κ2) is 6.68. The lowest BCUT2D eigenvalue weighted by Gasteiger charge is -2.18. The van der Waals surface area contributed by atoms with E-state index in [9.17, 15) is 5.11 Å². The lowest BCUT2D eigenvalue weighted by atomic mass is 10.1. The van der Waals surface area contributed by atoms with Gasteiger partial charge in [0.15, 0.2) is 0 Å². The van der Waals surface area contributed by atoms with Gasteiger partial charge >= 0.3 is 0 Å². The molecule has 1 aromatic carbocycles. The van der Waals surface area contributed by atoms with Gasteiger partial charge in [-0.3, -0.25) is 4.68 Å². The molecule has 20 heavy (non-hydrogen) atoms. The number of rotatable bonds is 6. The molecule has 108 valence electrons. The van der Waals surface area contributed by atoms with Gasteiger partial charge in [-0.1, -0.05) is 36.8 Å². The fourth-order valence-corrected chi connectivity index (χ4v) is 2.28. The van der Waals surface area contributed by atoms with Crippen molar-refractivity contribution in [3.05, 3.63) is 53.3 Å². The predicted octanol–water partition coefficient (Wildman–Crippen LogP) is 2.50. The zero-order chi connectivity index (χ0) is 14.5. The minimum Gasteiger partial charge on any atom is -0.387 e. The number of aliphatic hydroxyl groups is 1. The summed E-state index contributed by atoms with van der Waals surface area (Å²) in [5.74, 6) is 0. The Balaban J connectivity index is 1.94. The van der Waals surface area contributed by atoms with Crippen molar-refractivity contribution in [1.29, 1.82) is 0 Å². The Morgan fingerprint density at radius 3 is 2.50 bits per heavy atom. The molecule has 1 heterocycles. The highest BCUT2D eigenvalue weighted by Gasteiger charge is 2.13. The molecule has 2 atom stereocenters. The van der Waals surface area contributed by atoms with Gasteiger partial charge in [0.1, 0.15) is 0 Å². The number of benzene rings is 1. The van der Waals surface area contributed by atoms with Crippen LogP contribution in [0, 0.1) is 6.92 Å². The third-order valence-corrected chi connectivity index (χ3v) is 3.56. The lowest BCUT2D eigenvalue weighted by molar-refractivity contribution is 0.169. The van der Waals surface area contributed by atoms with Crippen LogP contribution in [0.2, 0.25) is 0 Å². The zero-order valence-electron chi connectivity index (χ0n) is 12.4. The first-order chi connectivity index (χ1) is 9.60. The average Bonchev–Trinajstić information content (AvgIpc) is 2.86. The number of aromatic nitrogens is 2. The van der Waals surface area contributed by atoms with Crippen molar-refractivity contribution >= 4 is 0 Å². The minimum absolute atomic E-state index is 0.226. The smallest absolute Gasteiger partial charge is 0.0914 e. The van der Waals surface area contributed by atoms with E-state index in [1.807, 2.05) is 50.6 Å². The molecule has 2 rings (SSSR count). The van der Waals surface area contributed by atoms with E-state index in [1.165, 1.54) is 5.56 Å². The highest BCUT2D eigenvalue weighted by atomic mass is 16.3. The molecule has 0 amide bonds. The van der Waals surface area contributed by atoms with Gasteiger partial charge in [0, 0.05) is 31.4 Å². The van der Waals surface area contributed by atoms with Crippen LogP contribution in [0.1, 0.15) is 42.2 Å². The van der Waals surface area contributed by atoms with Crippen molar-refractivity contribution in [3.63, 3.8) is 0 Å². The van der Waals surface area contributed by atoms with E-state index in [4.69, 9.17) is 0 Å². The number of nitrogens with zero attached hydrogens (tertiary/aromatic N) is 2. The van der Waals surface area contributed by atoms with Gasteiger partial charge in [-0.25, -0.2) is 0 Å². The largest absolute Gasteiger partial charge is 0.387 e. The third kappa shape index (κ3) is 3.68. The number of hydrogen-bond acceptors (Lipinski definition) is 3. The number of aliphatic hydroxyl groups excluding tert-OH is 1. The Morgan fingerprint density at radius 2 is 1.95 bits per heavy atom. The van der Waals surface area contributed by atoms with Gasteiger partial charge in [0.05, 0.1) is 12.3 Å². The number of nitrogens with one attached hydrogen (secondary N) is 1. The molecule has 0 saturated heterocycles. The van der Waals surface area contributed by atoms with Crippen molar-refractivity contribution in [2.45, 2.75) is 32.4 Å². The molecule has 4 heteroatoms. The van der Waals surface area contributed by atoms with Crippen molar-refractivity contribution < 1.29 is 5.11 Å². The van der Waals surface area contributed by atoms with Crippen LogP contribution in [-0.4, -0.2) is 21.4 Å². The van der Waals surface area contributed by atoms with Gasteiger partial charge in [0.25, 0.3) is 0 Å². The lowest BCUT2D eigenvalue weighted by Crippen LogP contribution is -2.26. The molecule has 0 radical (unpaired) electrons. The van der Waals surface area contributed by atoms with Gasteiger partial charge in [0.2, 0.25) is 0 Å². The maximum atomic E-state index is 10.2. The minimum atomic E-state index is -0.485. The van der Waals surface area contributed by atoms with E-state index >= 15 is 0 Å². The molecule has 2 aromatic rings. The van der Waals surface area contributed by atoms with Gasteiger partial charge in [-0.15, -0.1) is 0 Å². The first kappa shape index (κ1) is 14.8. The summed E-state index contributed by atoms with van der Waals surface area (Å²) in [5, 5.41) is 17.8. The maximum absolute atomic E-state index is 10.2. The summed E-state index contributed by atoms with van der Waals surface area (Å²) in [4.78, 5) is 0. The molecular weight excluding hydrogens is 250 g/mol. The monoisotopic (exact) mass is 273 g/mol. The van der Waals surface area contributed by atoms with Crippen LogP contribution in [0.5, 0.6) is 0 Å². The summed E-state index contributed by atoms with van der Waals surface area (Å²) >= 11 is 0. The van der Waals surface area contributed by atoms with Crippen LogP contribution in [0.15, 0.2) is 36.7 Å².